The molecule has 0 aliphatic heterocycles. The first kappa shape index (κ1) is 16.1. The van der Waals surface area contributed by atoms with Crippen molar-refractivity contribution in [2.45, 2.75) is 26.2 Å². The number of rotatable bonds is 6. The predicted molar refractivity (Wildman–Crippen MR) is 91.7 cm³/mol. The number of aliphatic carboxylic acids is 1. The molecule has 0 radical (unpaired) electrons. The van der Waals surface area contributed by atoms with Gasteiger partial charge in [-0.05, 0) is 35.9 Å². The summed E-state index contributed by atoms with van der Waals surface area (Å²) in [6.07, 6.45) is 1.25. The van der Waals surface area contributed by atoms with Gasteiger partial charge in [0.15, 0.2) is 0 Å². The van der Waals surface area contributed by atoms with Crippen molar-refractivity contribution in [2.75, 3.05) is 6.61 Å². The van der Waals surface area contributed by atoms with Gasteiger partial charge >= 0.3 is 11.6 Å². The minimum atomic E-state index is -0.842. The van der Waals surface area contributed by atoms with Crippen LogP contribution in [-0.2, 0) is 11.2 Å². The number of hydrogen-bond acceptors (Lipinski definition) is 4. The van der Waals surface area contributed by atoms with E-state index < -0.39 is 5.97 Å². The molecule has 0 aliphatic carbocycles. The summed E-state index contributed by atoms with van der Waals surface area (Å²) in [5.41, 5.74) is 1.10. The minimum absolute atomic E-state index is 0.0642. The lowest BCUT2D eigenvalue weighted by Crippen LogP contribution is -2.04. The SMILES string of the molecule is CCc1cc2c(cc1OCCCC(=O)O)oc(=O)c1ccccc12. The van der Waals surface area contributed by atoms with E-state index in [-0.39, 0.29) is 12.0 Å². The standard InChI is InChI=1S/C19H18O5/c1-2-12-10-15-13-6-3-4-7-14(13)19(22)24-17(15)11-16(12)23-9-5-8-18(20)21/h3-4,6-7,10-11H,2,5,8-9H2,1H3,(H,20,21). The fourth-order valence-corrected chi connectivity index (χ4v) is 2.77. The summed E-state index contributed by atoms with van der Waals surface area (Å²) in [6, 6.07) is 11.1. The number of carboxylic acids is 1. The highest BCUT2D eigenvalue weighted by Crippen LogP contribution is 2.30. The van der Waals surface area contributed by atoms with Gasteiger partial charge in [0.25, 0.3) is 0 Å². The second kappa shape index (κ2) is 6.74. The van der Waals surface area contributed by atoms with Crippen LogP contribution in [0, 0.1) is 0 Å². The van der Waals surface area contributed by atoms with Gasteiger partial charge in [0.05, 0.1) is 12.0 Å². The highest BCUT2D eigenvalue weighted by Gasteiger charge is 2.12. The van der Waals surface area contributed by atoms with Crippen LogP contribution >= 0.6 is 0 Å². The number of carboxylic acid groups (broad SMARTS) is 1. The van der Waals surface area contributed by atoms with Crippen molar-refractivity contribution in [2.24, 2.45) is 0 Å². The van der Waals surface area contributed by atoms with Gasteiger partial charge < -0.3 is 14.3 Å². The first-order chi connectivity index (χ1) is 11.6. The molecule has 0 atom stereocenters. The molecule has 5 heteroatoms. The molecule has 0 bridgehead atoms. The monoisotopic (exact) mass is 326 g/mol. The number of aryl methyl sites for hydroxylation is 1. The summed E-state index contributed by atoms with van der Waals surface area (Å²) in [6.45, 7) is 2.33. The number of benzene rings is 2. The summed E-state index contributed by atoms with van der Waals surface area (Å²) in [7, 11) is 0. The molecule has 3 aromatic rings. The largest absolute Gasteiger partial charge is 0.493 e. The van der Waals surface area contributed by atoms with Crippen LogP contribution in [0.25, 0.3) is 21.7 Å². The zero-order valence-corrected chi connectivity index (χ0v) is 13.4. The zero-order valence-electron chi connectivity index (χ0n) is 13.4. The van der Waals surface area contributed by atoms with Crippen LogP contribution in [0.2, 0.25) is 0 Å². The maximum absolute atomic E-state index is 12.1. The lowest BCUT2D eigenvalue weighted by atomic mass is 10.0. The molecule has 0 unspecified atom stereocenters. The molecule has 1 heterocycles. The van der Waals surface area contributed by atoms with Crippen LogP contribution in [-0.4, -0.2) is 17.7 Å². The summed E-state index contributed by atoms with van der Waals surface area (Å²) >= 11 is 0. The molecule has 1 N–H and O–H groups in total. The predicted octanol–water partition coefficient (Wildman–Crippen LogP) is 3.75. The normalized spacial score (nSPS) is 11.0. The van der Waals surface area contributed by atoms with Gasteiger partial charge in [-0.1, -0.05) is 25.1 Å². The second-order valence-electron chi connectivity index (χ2n) is 5.59. The molecule has 1 aromatic heterocycles. The number of carbonyl (C=O) groups is 1. The quantitative estimate of drug-likeness (QED) is 0.424. The Hall–Kier alpha value is -2.82. The van der Waals surface area contributed by atoms with Crippen LogP contribution in [0.15, 0.2) is 45.6 Å². The highest BCUT2D eigenvalue weighted by atomic mass is 16.5. The Morgan fingerprint density at radius 1 is 1.17 bits per heavy atom. The smallest absolute Gasteiger partial charge is 0.344 e. The van der Waals surface area contributed by atoms with E-state index >= 15 is 0 Å². The lowest BCUT2D eigenvalue weighted by molar-refractivity contribution is -0.137. The summed E-state index contributed by atoms with van der Waals surface area (Å²) < 4.78 is 11.1. The van der Waals surface area contributed by atoms with E-state index in [9.17, 15) is 9.59 Å². The maximum Gasteiger partial charge on any atom is 0.344 e. The van der Waals surface area contributed by atoms with E-state index in [0.717, 1.165) is 22.8 Å². The van der Waals surface area contributed by atoms with Crippen LogP contribution in [0.3, 0.4) is 0 Å². The van der Waals surface area contributed by atoms with Crippen LogP contribution in [0.5, 0.6) is 5.75 Å². The third kappa shape index (κ3) is 3.11. The lowest BCUT2D eigenvalue weighted by Gasteiger charge is -2.12. The number of fused-ring (bicyclic) bond motifs is 3. The Balaban J connectivity index is 2.03. The fraction of sp³-hybridized carbons (Fsp3) is 0.263. The van der Waals surface area contributed by atoms with Gasteiger partial charge in [0.1, 0.15) is 11.3 Å². The van der Waals surface area contributed by atoms with Crippen LogP contribution in [0.1, 0.15) is 25.3 Å². The molecule has 24 heavy (non-hydrogen) atoms. The van der Waals surface area contributed by atoms with Gasteiger partial charge in [-0.2, -0.15) is 0 Å². The topological polar surface area (TPSA) is 76.7 Å². The van der Waals surface area contributed by atoms with E-state index in [0.29, 0.717) is 29.7 Å². The third-order valence-electron chi connectivity index (χ3n) is 3.98. The second-order valence-corrected chi connectivity index (χ2v) is 5.59. The van der Waals surface area contributed by atoms with Crippen LogP contribution in [0.4, 0.5) is 0 Å². The molecule has 5 nitrogen and oxygen atoms in total. The Kier molecular flexibility index (Phi) is 4.51. The molecule has 2 aromatic carbocycles. The van der Waals surface area contributed by atoms with E-state index in [1.165, 1.54) is 0 Å². The van der Waals surface area contributed by atoms with E-state index in [1.54, 1.807) is 12.1 Å². The molecule has 124 valence electrons. The van der Waals surface area contributed by atoms with Gasteiger partial charge in [-0.15, -0.1) is 0 Å². The molecule has 0 aliphatic rings. The van der Waals surface area contributed by atoms with Crippen molar-refractivity contribution in [1.29, 1.82) is 0 Å². The average Bonchev–Trinajstić information content (AvgIpc) is 2.58. The summed E-state index contributed by atoms with van der Waals surface area (Å²) in [5.74, 6) is -0.209. The minimum Gasteiger partial charge on any atom is -0.493 e. The average molecular weight is 326 g/mol. The Bertz CT molecular complexity index is 955. The van der Waals surface area contributed by atoms with Crippen molar-refractivity contribution >= 4 is 27.7 Å². The Labute approximate surface area is 138 Å². The maximum atomic E-state index is 12.1. The van der Waals surface area contributed by atoms with Gasteiger partial charge in [0.2, 0.25) is 0 Å². The molecular weight excluding hydrogens is 308 g/mol. The van der Waals surface area contributed by atoms with Gasteiger partial charge in [-0.25, -0.2) is 4.79 Å². The molecule has 0 saturated heterocycles. The zero-order chi connectivity index (χ0) is 17.1. The molecule has 0 fully saturated rings. The highest BCUT2D eigenvalue weighted by molar-refractivity contribution is 6.04. The molecule has 3 rings (SSSR count). The summed E-state index contributed by atoms with van der Waals surface area (Å²) in [4.78, 5) is 22.7. The molecular formula is C19H18O5. The Morgan fingerprint density at radius 2 is 1.92 bits per heavy atom. The first-order valence-electron chi connectivity index (χ1n) is 7.93. The molecule has 0 amide bonds. The first-order valence-corrected chi connectivity index (χ1v) is 7.93. The molecule has 0 saturated carbocycles. The van der Waals surface area contributed by atoms with E-state index in [4.69, 9.17) is 14.3 Å². The fourth-order valence-electron chi connectivity index (χ4n) is 2.77. The Morgan fingerprint density at radius 3 is 2.62 bits per heavy atom. The van der Waals surface area contributed by atoms with Crippen molar-refractivity contribution < 1.29 is 19.1 Å². The van der Waals surface area contributed by atoms with E-state index in [2.05, 4.69) is 0 Å². The van der Waals surface area contributed by atoms with Crippen LogP contribution < -0.4 is 10.4 Å². The summed E-state index contributed by atoms with van der Waals surface area (Å²) in [5, 5.41) is 11.0. The van der Waals surface area contributed by atoms with E-state index in [1.807, 2.05) is 31.2 Å². The van der Waals surface area contributed by atoms with Crippen molar-refractivity contribution in [1.82, 2.24) is 0 Å². The van der Waals surface area contributed by atoms with Gasteiger partial charge in [-0.3, -0.25) is 4.79 Å². The molecule has 0 spiro atoms. The van der Waals surface area contributed by atoms with Crippen molar-refractivity contribution in [3.05, 3.63) is 52.4 Å². The van der Waals surface area contributed by atoms with Crippen molar-refractivity contribution in [3.8, 4) is 5.75 Å². The number of ether oxygens (including phenoxy) is 1. The van der Waals surface area contributed by atoms with Gasteiger partial charge in [0, 0.05) is 17.9 Å². The third-order valence-corrected chi connectivity index (χ3v) is 3.98. The number of hydrogen-bond donors (Lipinski definition) is 1. The van der Waals surface area contributed by atoms with Crippen molar-refractivity contribution in [3.63, 3.8) is 0 Å².